The van der Waals surface area contributed by atoms with Crippen molar-refractivity contribution in [3.8, 4) is 12.1 Å². The number of nitriles is 2. The Morgan fingerprint density at radius 3 is 2.41 bits per heavy atom. The molecule has 3 fully saturated rings. The number of pyridine rings is 2. The van der Waals surface area contributed by atoms with E-state index in [1.165, 1.54) is 29.4 Å². The van der Waals surface area contributed by atoms with Crippen LogP contribution in [0.2, 0.25) is 0 Å². The normalized spacial score (nSPS) is 21.6. The van der Waals surface area contributed by atoms with E-state index in [-0.39, 0.29) is 44.6 Å². The monoisotopic (exact) mass is 609 g/mol. The third-order valence-corrected chi connectivity index (χ3v) is 8.89. The van der Waals surface area contributed by atoms with Crippen LogP contribution in [0, 0.1) is 46.9 Å². The van der Waals surface area contributed by atoms with Crippen LogP contribution >= 0.6 is 0 Å². The second-order valence-corrected chi connectivity index (χ2v) is 12.3. The van der Waals surface area contributed by atoms with E-state index in [9.17, 15) is 28.1 Å². The molecule has 3 aliphatic carbocycles. The molecule has 2 aromatic heterocycles. The van der Waals surface area contributed by atoms with Gasteiger partial charge in [-0.2, -0.15) is 32.5 Å². The van der Waals surface area contributed by atoms with Crippen molar-refractivity contribution in [3.05, 3.63) is 70.4 Å². The van der Waals surface area contributed by atoms with Gasteiger partial charge in [0.05, 0.1) is 39.3 Å². The molecule has 0 radical (unpaired) electrons. The number of hydrogen-bond acceptors (Lipinski definition) is 9. The fraction of sp³-hybridized carbons (Fsp3) is 0.400. The molecule has 1 aliphatic heterocycles. The number of anilines is 2. The molecule has 0 saturated heterocycles. The van der Waals surface area contributed by atoms with E-state index in [1.54, 1.807) is 6.92 Å². The zero-order valence-electron chi connectivity index (χ0n) is 24.0. The van der Waals surface area contributed by atoms with Crippen molar-refractivity contribution in [2.24, 2.45) is 11.3 Å². The Labute approximate surface area is 249 Å². The van der Waals surface area contributed by atoms with Crippen LogP contribution in [0.15, 0.2) is 42.1 Å². The number of aryl methyl sites for hydroxylation is 1. The zero-order chi connectivity index (χ0) is 31.6. The zero-order valence-corrected chi connectivity index (χ0v) is 24.0. The quantitative estimate of drug-likeness (QED) is 0.139. The minimum Gasteiger partial charge on any atom is -0.382 e. The number of alkyl halides is 3. The molecule has 14 heteroatoms. The molecular weight excluding hydrogens is 581 g/mol. The number of hydrazine groups is 2. The predicted molar refractivity (Wildman–Crippen MR) is 151 cm³/mol. The lowest BCUT2D eigenvalue weighted by Gasteiger charge is -2.64. The van der Waals surface area contributed by atoms with Gasteiger partial charge in [0, 0.05) is 35.1 Å². The first-order valence-electron chi connectivity index (χ1n) is 14.0. The highest BCUT2D eigenvalue weighted by Gasteiger charge is 2.62. The molecule has 7 rings (SSSR count). The number of nitrogens with zero attached hydrogens (tertiary/aromatic N) is 5. The number of rotatable bonds is 8. The molecule has 9 nitrogen and oxygen atoms in total. The maximum Gasteiger partial charge on any atom is 0.395 e. The van der Waals surface area contributed by atoms with Crippen molar-refractivity contribution in [2.75, 3.05) is 17.2 Å². The van der Waals surface area contributed by atoms with E-state index in [0.29, 0.717) is 17.2 Å². The minimum atomic E-state index is -4.53. The highest BCUT2D eigenvalue weighted by Crippen LogP contribution is 2.61. The second kappa shape index (κ2) is 10.2. The Balaban J connectivity index is 1.44. The van der Waals surface area contributed by atoms with Crippen LogP contribution in [0.3, 0.4) is 0 Å². The van der Waals surface area contributed by atoms with E-state index in [0.717, 1.165) is 39.2 Å². The first-order valence-corrected chi connectivity index (χ1v) is 14.0. The molecule has 4 N–H and O–H groups in total. The number of nitrogens with one attached hydrogen (secondary N) is 4. The van der Waals surface area contributed by atoms with Crippen molar-refractivity contribution >= 4 is 22.3 Å². The largest absolute Gasteiger partial charge is 0.395 e. The maximum absolute atomic E-state index is 16.1. The molecule has 4 aliphatic rings. The Morgan fingerprint density at radius 2 is 1.82 bits per heavy atom. The molecule has 2 bridgehead atoms. The highest BCUT2D eigenvalue weighted by atomic mass is 19.4. The summed E-state index contributed by atoms with van der Waals surface area (Å²) in [4.78, 5) is 8.15. The maximum atomic E-state index is 16.1. The fourth-order valence-corrected chi connectivity index (χ4v) is 6.04. The molecule has 0 spiro atoms. The van der Waals surface area contributed by atoms with Crippen LogP contribution in [0.25, 0.3) is 10.9 Å². The van der Waals surface area contributed by atoms with Gasteiger partial charge in [-0.3, -0.25) is 9.99 Å². The van der Waals surface area contributed by atoms with Gasteiger partial charge in [-0.15, -0.1) is 5.53 Å². The third-order valence-electron chi connectivity index (χ3n) is 8.89. The predicted octanol–water partition coefficient (Wildman–Crippen LogP) is 5.99. The third kappa shape index (κ3) is 4.70. The second-order valence-electron chi connectivity index (χ2n) is 12.3. The molecule has 3 aromatic rings. The van der Waals surface area contributed by atoms with Crippen LogP contribution in [-0.4, -0.2) is 33.2 Å². The minimum absolute atomic E-state index is 0.0174. The molecule has 0 amide bonds. The smallest absolute Gasteiger partial charge is 0.382 e. The lowest BCUT2D eigenvalue weighted by molar-refractivity contribution is -0.206. The van der Waals surface area contributed by atoms with Crippen molar-refractivity contribution in [3.63, 3.8) is 0 Å². The fourth-order valence-electron chi connectivity index (χ4n) is 6.04. The van der Waals surface area contributed by atoms with E-state index in [1.807, 2.05) is 6.07 Å². The Morgan fingerprint density at radius 1 is 1.11 bits per heavy atom. The van der Waals surface area contributed by atoms with Crippen LogP contribution < -0.4 is 21.6 Å². The van der Waals surface area contributed by atoms with Crippen LogP contribution in [0.5, 0.6) is 0 Å². The summed E-state index contributed by atoms with van der Waals surface area (Å²) in [6, 6.07) is 8.70. The van der Waals surface area contributed by atoms with Crippen molar-refractivity contribution < 1.29 is 22.0 Å². The van der Waals surface area contributed by atoms with Gasteiger partial charge in [0.25, 0.3) is 0 Å². The molecule has 3 saturated carbocycles. The van der Waals surface area contributed by atoms with Gasteiger partial charge in [0.2, 0.25) is 11.9 Å². The van der Waals surface area contributed by atoms with Gasteiger partial charge in [-0.25, -0.2) is 4.98 Å². The number of halogens is 5. The van der Waals surface area contributed by atoms with Gasteiger partial charge in [0.15, 0.2) is 0 Å². The SMILES string of the molecule is Cc1nc(F)ccc1[C@H](Nc1cc(C#N)c2ncc(C#N)c(NCC(C)(C)C(F)(F)F)c2c1)C1=C(F)N(C23CC(C2)C3)NN1. The summed E-state index contributed by atoms with van der Waals surface area (Å²) in [7, 11) is 0. The Hall–Kier alpha value is -4.69. The lowest BCUT2D eigenvalue weighted by atomic mass is 9.49. The highest BCUT2D eigenvalue weighted by molar-refractivity contribution is 5.99. The Kier molecular flexibility index (Phi) is 6.81. The van der Waals surface area contributed by atoms with Crippen LogP contribution in [-0.2, 0) is 0 Å². The van der Waals surface area contributed by atoms with Gasteiger partial charge < -0.3 is 16.1 Å². The van der Waals surface area contributed by atoms with Gasteiger partial charge >= 0.3 is 6.18 Å². The summed E-state index contributed by atoms with van der Waals surface area (Å²) >= 11 is 0. The van der Waals surface area contributed by atoms with Crippen LogP contribution in [0.4, 0.5) is 33.3 Å². The van der Waals surface area contributed by atoms with Gasteiger partial charge in [0.1, 0.15) is 17.8 Å². The molecule has 3 heterocycles. The van der Waals surface area contributed by atoms with Crippen molar-refractivity contribution in [1.29, 1.82) is 10.5 Å². The molecule has 228 valence electrons. The molecule has 1 aromatic carbocycles. The number of benzene rings is 1. The summed E-state index contributed by atoms with van der Waals surface area (Å²) in [5.74, 6) is -0.669. The summed E-state index contributed by atoms with van der Waals surface area (Å²) in [6.07, 6.45) is -0.736. The average molecular weight is 610 g/mol. The first kappa shape index (κ1) is 29.4. The number of hydrogen-bond donors (Lipinski definition) is 4. The Bertz CT molecular complexity index is 1770. The number of fused-ring (bicyclic) bond motifs is 1. The van der Waals surface area contributed by atoms with Crippen molar-refractivity contribution in [1.82, 2.24) is 25.9 Å². The van der Waals surface area contributed by atoms with E-state index < -0.39 is 36.1 Å². The van der Waals surface area contributed by atoms with E-state index >= 15 is 4.39 Å². The molecule has 44 heavy (non-hydrogen) atoms. The van der Waals surface area contributed by atoms with Crippen molar-refractivity contribution in [2.45, 2.75) is 57.8 Å². The van der Waals surface area contributed by atoms with Gasteiger partial charge in [-0.05, 0) is 64.2 Å². The van der Waals surface area contributed by atoms with Gasteiger partial charge in [-0.1, -0.05) is 6.07 Å². The topological polar surface area (TPSA) is 125 Å². The molecule has 0 unspecified atom stereocenters. The number of aromatic nitrogens is 2. The standard InChI is InChI=1S/C30H28F5N9/c1-15-20(4-5-22(31)40-15)25(26-27(32)44(43-42-26)29-8-16(9-29)10-29)41-19-6-17(11-36)23-21(7-19)24(18(12-37)13-38-23)39-14-28(2,3)30(33,34)35/h4-7,13,16,25,41-43H,8-10,14H2,1-3H3,(H,38,39)/t16?,25-,29?/m0/s1. The molecule has 1 atom stereocenters. The average Bonchev–Trinajstić information content (AvgIpc) is 3.28. The van der Waals surface area contributed by atoms with E-state index in [2.05, 4.69) is 37.6 Å². The summed E-state index contributed by atoms with van der Waals surface area (Å²) in [6.45, 7) is 3.10. The summed E-state index contributed by atoms with van der Waals surface area (Å²) in [5, 5.41) is 27.4. The summed E-state index contributed by atoms with van der Waals surface area (Å²) < 4.78 is 71.0. The first-order chi connectivity index (χ1) is 20.8. The van der Waals surface area contributed by atoms with Crippen LogP contribution in [0.1, 0.15) is 61.5 Å². The lowest BCUT2D eigenvalue weighted by Crippen LogP contribution is -2.70. The molecular formula is C30H28F5N9. The van der Waals surface area contributed by atoms with E-state index in [4.69, 9.17) is 0 Å². The summed E-state index contributed by atoms with van der Waals surface area (Å²) in [5.41, 5.74) is 4.81.